The molecule has 0 bridgehead atoms. The van der Waals surface area contributed by atoms with Gasteiger partial charge in [0.25, 0.3) is 0 Å². The third-order valence-corrected chi connectivity index (χ3v) is 2.70. The van der Waals surface area contributed by atoms with E-state index in [1.807, 2.05) is 37.4 Å². The molecule has 0 fully saturated rings. The second-order valence-corrected chi connectivity index (χ2v) is 4.07. The van der Waals surface area contributed by atoms with Crippen LogP contribution in [0.3, 0.4) is 0 Å². The monoisotopic (exact) mass is 227 g/mol. The van der Waals surface area contributed by atoms with Crippen molar-refractivity contribution >= 4 is 5.82 Å². The van der Waals surface area contributed by atoms with Crippen molar-refractivity contribution in [1.29, 1.82) is 0 Å². The van der Waals surface area contributed by atoms with E-state index in [9.17, 15) is 0 Å². The van der Waals surface area contributed by atoms with Crippen LogP contribution in [-0.2, 0) is 13.1 Å². The summed E-state index contributed by atoms with van der Waals surface area (Å²) in [6.07, 6.45) is 1.80. The van der Waals surface area contributed by atoms with Crippen LogP contribution in [-0.4, -0.2) is 12.0 Å². The van der Waals surface area contributed by atoms with E-state index < -0.39 is 0 Å². The van der Waals surface area contributed by atoms with E-state index in [1.165, 1.54) is 5.56 Å². The molecule has 1 heterocycles. The summed E-state index contributed by atoms with van der Waals surface area (Å²) in [6.45, 7) is 1.40. The molecule has 0 atom stereocenters. The van der Waals surface area contributed by atoms with E-state index in [-0.39, 0.29) is 0 Å². The van der Waals surface area contributed by atoms with Crippen LogP contribution in [0.5, 0.6) is 0 Å². The van der Waals surface area contributed by atoms with Crippen LogP contribution >= 0.6 is 0 Å². The topological polar surface area (TPSA) is 42.1 Å². The maximum atomic E-state index is 5.63. The zero-order valence-electron chi connectivity index (χ0n) is 10.0. The van der Waals surface area contributed by atoms with Crippen LogP contribution in [0.15, 0.2) is 48.7 Å². The lowest BCUT2D eigenvalue weighted by atomic mass is 10.2. The molecule has 0 spiro atoms. The second kappa shape index (κ2) is 5.46. The van der Waals surface area contributed by atoms with E-state index in [4.69, 9.17) is 5.73 Å². The Bertz CT molecular complexity index is 468. The van der Waals surface area contributed by atoms with Gasteiger partial charge in [0, 0.05) is 26.3 Å². The summed E-state index contributed by atoms with van der Waals surface area (Å²) in [6, 6.07) is 14.3. The van der Waals surface area contributed by atoms with Crippen LogP contribution in [0.4, 0.5) is 5.82 Å². The molecule has 0 amide bonds. The molecule has 0 aliphatic rings. The number of aromatic nitrogens is 1. The van der Waals surface area contributed by atoms with Crippen LogP contribution < -0.4 is 10.6 Å². The van der Waals surface area contributed by atoms with Gasteiger partial charge in [0.15, 0.2) is 0 Å². The maximum absolute atomic E-state index is 5.63. The predicted octanol–water partition coefficient (Wildman–Crippen LogP) is 2.18. The Morgan fingerprint density at radius 3 is 2.59 bits per heavy atom. The number of nitrogens with zero attached hydrogens (tertiary/aromatic N) is 2. The van der Waals surface area contributed by atoms with Gasteiger partial charge in [-0.25, -0.2) is 4.98 Å². The van der Waals surface area contributed by atoms with Gasteiger partial charge in [-0.3, -0.25) is 0 Å². The zero-order chi connectivity index (χ0) is 12.1. The average molecular weight is 227 g/mol. The van der Waals surface area contributed by atoms with Gasteiger partial charge in [0.05, 0.1) is 0 Å². The summed E-state index contributed by atoms with van der Waals surface area (Å²) in [5, 5.41) is 0. The highest BCUT2D eigenvalue weighted by molar-refractivity contribution is 5.41. The fourth-order valence-electron chi connectivity index (χ4n) is 1.73. The SMILES string of the molecule is CN(Cc1ccccc1)c1cc(CN)ccn1. The molecule has 0 radical (unpaired) electrons. The number of hydrogen-bond donors (Lipinski definition) is 1. The highest BCUT2D eigenvalue weighted by atomic mass is 15.2. The number of pyridine rings is 1. The van der Waals surface area contributed by atoms with Crippen molar-refractivity contribution in [3.05, 3.63) is 59.8 Å². The van der Waals surface area contributed by atoms with Crippen LogP contribution in [0, 0.1) is 0 Å². The first kappa shape index (κ1) is 11.6. The number of nitrogens with two attached hydrogens (primary N) is 1. The van der Waals surface area contributed by atoms with Gasteiger partial charge in [0.2, 0.25) is 0 Å². The number of hydrogen-bond acceptors (Lipinski definition) is 3. The molecule has 2 aromatic rings. The lowest BCUT2D eigenvalue weighted by Gasteiger charge is -2.18. The molecule has 0 aliphatic carbocycles. The third-order valence-electron chi connectivity index (χ3n) is 2.70. The van der Waals surface area contributed by atoms with Crippen molar-refractivity contribution in [2.75, 3.05) is 11.9 Å². The molecule has 1 aromatic heterocycles. The molecule has 3 heteroatoms. The Labute approximate surface area is 102 Å². The number of rotatable bonds is 4. The fraction of sp³-hybridized carbons (Fsp3) is 0.214. The summed E-state index contributed by atoms with van der Waals surface area (Å²) in [4.78, 5) is 6.47. The molecule has 2 rings (SSSR count). The smallest absolute Gasteiger partial charge is 0.128 e. The highest BCUT2D eigenvalue weighted by Crippen LogP contribution is 2.13. The molecule has 0 saturated carbocycles. The quantitative estimate of drug-likeness (QED) is 0.870. The molecular weight excluding hydrogens is 210 g/mol. The Morgan fingerprint density at radius 1 is 1.12 bits per heavy atom. The fourth-order valence-corrected chi connectivity index (χ4v) is 1.73. The minimum Gasteiger partial charge on any atom is -0.355 e. The molecule has 0 aliphatic heterocycles. The van der Waals surface area contributed by atoms with Crippen molar-refractivity contribution in [1.82, 2.24) is 4.98 Å². The van der Waals surface area contributed by atoms with Gasteiger partial charge in [-0.1, -0.05) is 30.3 Å². The molecular formula is C14H17N3. The zero-order valence-corrected chi connectivity index (χ0v) is 10.0. The van der Waals surface area contributed by atoms with Gasteiger partial charge >= 0.3 is 0 Å². The minimum absolute atomic E-state index is 0.550. The molecule has 17 heavy (non-hydrogen) atoms. The largest absolute Gasteiger partial charge is 0.355 e. The van der Waals surface area contributed by atoms with Crippen molar-refractivity contribution in [2.24, 2.45) is 5.73 Å². The van der Waals surface area contributed by atoms with E-state index in [0.29, 0.717) is 6.54 Å². The highest BCUT2D eigenvalue weighted by Gasteiger charge is 2.03. The first-order chi connectivity index (χ1) is 8.29. The van der Waals surface area contributed by atoms with Crippen molar-refractivity contribution < 1.29 is 0 Å². The Kier molecular flexibility index (Phi) is 3.73. The second-order valence-electron chi connectivity index (χ2n) is 4.07. The summed E-state index contributed by atoms with van der Waals surface area (Å²) < 4.78 is 0. The van der Waals surface area contributed by atoms with Crippen LogP contribution in [0.2, 0.25) is 0 Å². The Balaban J connectivity index is 2.11. The van der Waals surface area contributed by atoms with Crippen molar-refractivity contribution in [3.8, 4) is 0 Å². The van der Waals surface area contributed by atoms with Gasteiger partial charge in [-0.2, -0.15) is 0 Å². The normalized spacial score (nSPS) is 10.2. The Morgan fingerprint density at radius 2 is 1.88 bits per heavy atom. The summed E-state index contributed by atoms with van der Waals surface area (Å²) in [5.41, 5.74) is 8.00. The Hall–Kier alpha value is -1.87. The van der Waals surface area contributed by atoms with Gasteiger partial charge < -0.3 is 10.6 Å². The average Bonchev–Trinajstić information content (AvgIpc) is 2.40. The van der Waals surface area contributed by atoms with Crippen LogP contribution in [0.1, 0.15) is 11.1 Å². The first-order valence-corrected chi connectivity index (χ1v) is 5.69. The molecule has 0 unspecified atom stereocenters. The predicted molar refractivity (Wildman–Crippen MR) is 70.7 cm³/mol. The van der Waals surface area contributed by atoms with E-state index >= 15 is 0 Å². The van der Waals surface area contributed by atoms with E-state index in [0.717, 1.165) is 17.9 Å². The molecule has 2 N–H and O–H groups in total. The first-order valence-electron chi connectivity index (χ1n) is 5.69. The van der Waals surface area contributed by atoms with Gasteiger partial charge in [-0.15, -0.1) is 0 Å². The molecule has 1 aromatic carbocycles. The van der Waals surface area contributed by atoms with Crippen molar-refractivity contribution in [3.63, 3.8) is 0 Å². The van der Waals surface area contributed by atoms with E-state index in [1.54, 1.807) is 6.20 Å². The maximum Gasteiger partial charge on any atom is 0.128 e. The standard InChI is InChI=1S/C14H17N3/c1-17(11-12-5-3-2-4-6-12)14-9-13(10-15)7-8-16-14/h2-9H,10-11,15H2,1H3. The summed E-state index contributed by atoms with van der Waals surface area (Å²) in [7, 11) is 2.04. The van der Waals surface area contributed by atoms with Gasteiger partial charge in [-0.05, 0) is 23.3 Å². The van der Waals surface area contributed by atoms with Crippen LogP contribution in [0.25, 0.3) is 0 Å². The lowest BCUT2D eigenvalue weighted by molar-refractivity contribution is 0.892. The van der Waals surface area contributed by atoms with E-state index in [2.05, 4.69) is 22.0 Å². The van der Waals surface area contributed by atoms with Gasteiger partial charge in [0.1, 0.15) is 5.82 Å². The molecule has 0 saturated heterocycles. The summed E-state index contributed by atoms with van der Waals surface area (Å²) in [5.74, 6) is 0.955. The third kappa shape index (κ3) is 3.04. The molecule has 88 valence electrons. The van der Waals surface area contributed by atoms with Crippen molar-refractivity contribution in [2.45, 2.75) is 13.1 Å². The lowest BCUT2D eigenvalue weighted by Crippen LogP contribution is -2.17. The summed E-state index contributed by atoms with van der Waals surface area (Å²) >= 11 is 0. The number of anilines is 1. The number of benzene rings is 1. The minimum atomic E-state index is 0.550. The molecule has 3 nitrogen and oxygen atoms in total.